The van der Waals surface area contributed by atoms with Crippen LogP contribution in [0.1, 0.15) is 5.56 Å². The van der Waals surface area contributed by atoms with Crippen LogP contribution in [0.15, 0.2) is 24.3 Å². The Kier molecular flexibility index (Phi) is 4.90. The number of thioether (sulfide) groups is 1. The Balaban J connectivity index is 1.63. The van der Waals surface area contributed by atoms with Gasteiger partial charge in [-0.1, -0.05) is 0 Å². The van der Waals surface area contributed by atoms with Crippen molar-refractivity contribution < 1.29 is 19.2 Å². The lowest BCUT2D eigenvalue weighted by Crippen LogP contribution is -2.72. The fourth-order valence-electron chi connectivity index (χ4n) is 2.80. The number of nitrogens with zero attached hydrogens (tertiary/aromatic N) is 2. The Labute approximate surface area is 152 Å². The Morgan fingerprint density at radius 1 is 1.48 bits per heavy atom. The van der Waals surface area contributed by atoms with Gasteiger partial charge in [-0.2, -0.15) is 0 Å². The van der Waals surface area contributed by atoms with Crippen molar-refractivity contribution in [3.8, 4) is 0 Å². The van der Waals surface area contributed by atoms with Crippen LogP contribution < -0.4 is 5.73 Å². The molecule has 2 aliphatic rings. The van der Waals surface area contributed by atoms with Crippen LogP contribution in [0.25, 0.3) is 0 Å². The SMILES string of the molecule is NC1C(=O)N2CC(CCl)(C(=O)OCc3ccc([N+](=O)[O-])cc3)CS[C@H]12. The van der Waals surface area contributed by atoms with E-state index in [1.807, 2.05) is 0 Å². The number of nitro groups is 1. The minimum Gasteiger partial charge on any atom is -0.460 e. The maximum atomic E-state index is 12.6. The van der Waals surface area contributed by atoms with E-state index in [0.29, 0.717) is 11.3 Å². The number of hydrogen-bond donors (Lipinski definition) is 1. The van der Waals surface area contributed by atoms with Gasteiger partial charge in [-0.05, 0) is 17.7 Å². The highest BCUT2D eigenvalue weighted by atomic mass is 35.5. The van der Waals surface area contributed by atoms with Crippen LogP contribution in [0.3, 0.4) is 0 Å². The van der Waals surface area contributed by atoms with Gasteiger partial charge in [0.05, 0.1) is 4.92 Å². The molecule has 0 aliphatic carbocycles. The van der Waals surface area contributed by atoms with Crippen LogP contribution >= 0.6 is 23.4 Å². The fourth-order valence-corrected chi connectivity index (χ4v) is 4.69. The summed E-state index contributed by atoms with van der Waals surface area (Å²) in [6, 6.07) is 5.24. The number of benzene rings is 1. The molecule has 0 bridgehead atoms. The summed E-state index contributed by atoms with van der Waals surface area (Å²) in [6.45, 7) is 0.177. The summed E-state index contributed by atoms with van der Waals surface area (Å²) in [6.07, 6.45) is 0. The number of carbonyl (C=O) groups is 2. The number of non-ortho nitro benzene ring substituents is 1. The molecule has 2 unspecified atom stereocenters. The third-order valence-corrected chi connectivity index (χ3v) is 6.51. The predicted octanol–water partition coefficient (Wildman–Crippen LogP) is 1.11. The lowest BCUT2D eigenvalue weighted by molar-refractivity contribution is -0.384. The molecule has 1 amide bonds. The Morgan fingerprint density at radius 2 is 2.16 bits per heavy atom. The monoisotopic (exact) mass is 385 g/mol. The molecule has 2 saturated heterocycles. The smallest absolute Gasteiger partial charge is 0.316 e. The average molecular weight is 386 g/mol. The number of ether oxygens (including phenoxy) is 1. The van der Waals surface area contributed by atoms with Crippen LogP contribution in [0, 0.1) is 15.5 Å². The van der Waals surface area contributed by atoms with E-state index >= 15 is 0 Å². The maximum Gasteiger partial charge on any atom is 0.316 e. The van der Waals surface area contributed by atoms with Crippen LogP contribution in [0.4, 0.5) is 5.69 Å². The molecule has 0 spiro atoms. The van der Waals surface area contributed by atoms with Gasteiger partial charge in [0.15, 0.2) is 0 Å². The first-order valence-electron chi connectivity index (χ1n) is 7.52. The van der Waals surface area contributed by atoms with Gasteiger partial charge in [0.25, 0.3) is 5.69 Å². The number of alkyl halides is 1. The fraction of sp³-hybridized carbons (Fsp3) is 0.467. The van der Waals surface area contributed by atoms with Gasteiger partial charge in [-0.3, -0.25) is 19.7 Å². The molecular formula is C15H16ClN3O5S. The van der Waals surface area contributed by atoms with Crippen molar-refractivity contribution in [3.05, 3.63) is 39.9 Å². The van der Waals surface area contributed by atoms with Crippen LogP contribution in [-0.4, -0.2) is 51.3 Å². The van der Waals surface area contributed by atoms with Gasteiger partial charge in [-0.25, -0.2) is 0 Å². The molecule has 1 aromatic carbocycles. The number of amides is 1. The topological polar surface area (TPSA) is 116 Å². The van der Waals surface area contributed by atoms with Crippen molar-refractivity contribution in [2.75, 3.05) is 18.2 Å². The molecule has 2 heterocycles. The van der Waals surface area contributed by atoms with Gasteiger partial charge in [-0.15, -0.1) is 23.4 Å². The van der Waals surface area contributed by atoms with Gasteiger partial charge >= 0.3 is 5.97 Å². The van der Waals surface area contributed by atoms with Gasteiger partial charge in [0.2, 0.25) is 5.91 Å². The molecule has 8 nitrogen and oxygen atoms in total. The molecular weight excluding hydrogens is 370 g/mol. The minimum atomic E-state index is -0.973. The summed E-state index contributed by atoms with van der Waals surface area (Å²) < 4.78 is 5.36. The highest BCUT2D eigenvalue weighted by Crippen LogP contribution is 2.42. The minimum absolute atomic E-state index is 0.0168. The molecule has 1 aromatic rings. The second kappa shape index (κ2) is 6.81. The zero-order valence-corrected chi connectivity index (χ0v) is 14.7. The van der Waals surface area contributed by atoms with Crippen molar-refractivity contribution in [3.63, 3.8) is 0 Å². The van der Waals surface area contributed by atoms with E-state index in [0.717, 1.165) is 0 Å². The molecule has 0 aromatic heterocycles. The molecule has 3 rings (SSSR count). The zero-order chi connectivity index (χ0) is 18.2. The van der Waals surface area contributed by atoms with Crippen LogP contribution in [-0.2, 0) is 20.9 Å². The van der Waals surface area contributed by atoms with E-state index in [-0.39, 0.29) is 36.0 Å². The highest BCUT2D eigenvalue weighted by molar-refractivity contribution is 8.00. The Morgan fingerprint density at radius 3 is 2.76 bits per heavy atom. The van der Waals surface area contributed by atoms with Crippen LogP contribution in [0.2, 0.25) is 0 Å². The molecule has 134 valence electrons. The van der Waals surface area contributed by atoms with Crippen molar-refractivity contribution >= 4 is 40.9 Å². The number of esters is 1. The second-order valence-electron chi connectivity index (χ2n) is 6.11. The third-order valence-electron chi connectivity index (χ3n) is 4.39. The van der Waals surface area contributed by atoms with E-state index in [1.165, 1.54) is 36.0 Å². The lowest BCUT2D eigenvalue weighted by Gasteiger charge is -2.52. The van der Waals surface area contributed by atoms with Crippen molar-refractivity contribution in [1.82, 2.24) is 4.90 Å². The third kappa shape index (κ3) is 3.19. The van der Waals surface area contributed by atoms with Crippen molar-refractivity contribution in [2.45, 2.75) is 18.0 Å². The molecule has 10 heteroatoms. The number of halogens is 1. The normalized spacial score (nSPS) is 28.1. The van der Waals surface area contributed by atoms with Crippen LogP contribution in [0.5, 0.6) is 0 Å². The number of fused-ring (bicyclic) bond motifs is 1. The summed E-state index contributed by atoms with van der Waals surface area (Å²) in [5.41, 5.74) is 5.37. The quantitative estimate of drug-likeness (QED) is 0.265. The molecule has 3 atom stereocenters. The Bertz CT molecular complexity index is 716. The van der Waals surface area contributed by atoms with E-state index in [9.17, 15) is 19.7 Å². The zero-order valence-electron chi connectivity index (χ0n) is 13.1. The summed E-state index contributed by atoms with van der Waals surface area (Å²) in [4.78, 5) is 36.1. The first-order chi connectivity index (χ1) is 11.9. The molecule has 0 saturated carbocycles. The first-order valence-corrected chi connectivity index (χ1v) is 9.10. The molecule has 0 radical (unpaired) electrons. The number of carbonyl (C=O) groups excluding carboxylic acids is 2. The highest BCUT2D eigenvalue weighted by Gasteiger charge is 2.55. The molecule has 2 aliphatic heterocycles. The lowest BCUT2D eigenvalue weighted by atomic mass is 9.89. The number of nitrogens with two attached hydrogens (primary N) is 1. The van der Waals surface area contributed by atoms with Crippen molar-refractivity contribution in [2.24, 2.45) is 11.1 Å². The summed E-state index contributed by atoms with van der Waals surface area (Å²) in [5.74, 6) is -0.210. The van der Waals surface area contributed by atoms with E-state index in [1.54, 1.807) is 4.90 Å². The van der Waals surface area contributed by atoms with Crippen molar-refractivity contribution in [1.29, 1.82) is 0 Å². The number of hydrogen-bond acceptors (Lipinski definition) is 7. The van der Waals surface area contributed by atoms with Gasteiger partial charge in [0, 0.05) is 30.3 Å². The summed E-state index contributed by atoms with van der Waals surface area (Å²) in [5, 5.41) is 10.5. The van der Waals surface area contributed by atoms with Gasteiger partial charge in [0.1, 0.15) is 23.4 Å². The van der Waals surface area contributed by atoms with Gasteiger partial charge < -0.3 is 15.4 Å². The number of nitro benzene ring substituents is 1. The maximum absolute atomic E-state index is 12.6. The summed E-state index contributed by atoms with van der Waals surface area (Å²) >= 11 is 7.46. The van der Waals surface area contributed by atoms with E-state index in [2.05, 4.69) is 0 Å². The molecule has 2 fully saturated rings. The molecule has 25 heavy (non-hydrogen) atoms. The van der Waals surface area contributed by atoms with E-state index < -0.39 is 22.3 Å². The Hall–Kier alpha value is -1.84. The first kappa shape index (κ1) is 18.0. The second-order valence-corrected chi connectivity index (χ2v) is 7.48. The number of β-lactam (4-membered cyclic amide) rings is 1. The molecule has 2 N–H and O–H groups in total. The van der Waals surface area contributed by atoms with E-state index in [4.69, 9.17) is 22.1 Å². The number of rotatable bonds is 5. The summed E-state index contributed by atoms with van der Waals surface area (Å²) in [7, 11) is 0. The predicted molar refractivity (Wildman–Crippen MR) is 92.0 cm³/mol. The average Bonchev–Trinajstić information content (AvgIpc) is 2.65. The largest absolute Gasteiger partial charge is 0.460 e. The standard InChI is InChI=1S/C15H16ClN3O5S/c16-6-15(7-18-12(20)11(17)13(18)25-8-15)14(21)24-5-9-1-3-10(4-2-9)19(22)23/h1-4,11,13H,5-8,17H2/t11?,13-,15?/m1/s1.